The summed E-state index contributed by atoms with van der Waals surface area (Å²) in [4.78, 5) is 0. The van der Waals surface area contributed by atoms with Crippen LogP contribution in [-0.2, 0) is 13.0 Å². The second-order valence-electron chi connectivity index (χ2n) is 16.0. The van der Waals surface area contributed by atoms with Crippen LogP contribution in [0.2, 0.25) is 0 Å². The van der Waals surface area contributed by atoms with E-state index in [4.69, 9.17) is 0 Å². The molecule has 0 fully saturated rings. The third-order valence-corrected chi connectivity index (χ3v) is 11.7. The van der Waals surface area contributed by atoms with Gasteiger partial charge in [-0.15, -0.1) is 21.9 Å². The van der Waals surface area contributed by atoms with Crippen LogP contribution in [0.1, 0.15) is 82.4 Å². The molecule has 22 heteroatoms. The fourth-order valence-corrected chi connectivity index (χ4v) is 8.34. The first-order valence-corrected chi connectivity index (χ1v) is 21.3. The van der Waals surface area contributed by atoms with Gasteiger partial charge in [0.2, 0.25) is 0 Å². The summed E-state index contributed by atoms with van der Waals surface area (Å²) in [5, 5.41) is 0. The van der Waals surface area contributed by atoms with E-state index in [0.717, 1.165) is 6.54 Å². The second kappa shape index (κ2) is 23.2. The smallest absolute Gasteiger partial charge is 0.200 e. The van der Waals surface area contributed by atoms with Crippen molar-refractivity contribution < 1.29 is 92.4 Å². The number of benzene rings is 5. The van der Waals surface area contributed by atoms with Crippen LogP contribution >= 0.6 is 0 Å². The monoisotopic (exact) mass is 1020 g/mol. The summed E-state index contributed by atoms with van der Waals surface area (Å²) in [6, 6.07) is 17.4. The number of pyridine rings is 1. The molecule has 0 radical (unpaired) electrons. The van der Waals surface area contributed by atoms with Crippen molar-refractivity contribution in [1.82, 2.24) is 0 Å². The Kier molecular flexibility index (Phi) is 18.2. The second-order valence-corrected chi connectivity index (χ2v) is 16.0. The minimum Gasteiger partial charge on any atom is -0.207 e. The molecule has 6 aromatic rings. The van der Waals surface area contributed by atoms with Crippen LogP contribution in [0.15, 0.2) is 54.7 Å². The van der Waals surface area contributed by atoms with Crippen molar-refractivity contribution in [2.24, 2.45) is 0 Å². The number of nitrogens with zero attached hydrogens (tertiary/aromatic N) is 1. The van der Waals surface area contributed by atoms with Crippen molar-refractivity contribution in [2.45, 2.75) is 84.1 Å². The van der Waals surface area contributed by atoms with Gasteiger partial charge in [0, 0.05) is 24.1 Å². The molecule has 1 nitrogen and oxygen atoms in total. The highest BCUT2D eigenvalue weighted by molar-refractivity contribution is 7.20. The highest BCUT2D eigenvalue weighted by atomic mass is 19.2. The van der Waals surface area contributed by atoms with Crippen molar-refractivity contribution in [1.29, 1.82) is 0 Å². The van der Waals surface area contributed by atoms with Gasteiger partial charge < -0.3 is 0 Å². The molecule has 1 aromatic heterocycles. The molecule has 0 spiro atoms. The standard InChI is InChI=1S/C24BF20.C24H36N/c26-5-1(6(27)14(35)21(42)13(5)34)25(2-7(28)15(36)22(43)16(37)8(2)29,3-9(30)17(38)23(44)18(39)10(3)31)4-11(32)19(40)24(45)20(41)12(4)33;1-2-3-4-5-6-7-8-9-10-14-19-24-20-15-16-21-25(24)22-23-17-12-11-13-18-23/h;11-13,15-18,20-21H,2-10,14,19,22H2,1H3/q-1;+1. The lowest BCUT2D eigenvalue weighted by molar-refractivity contribution is -0.695. The van der Waals surface area contributed by atoms with Gasteiger partial charge in [0.25, 0.3) is 0 Å². The van der Waals surface area contributed by atoms with E-state index in [9.17, 15) is 52.7 Å². The molecule has 0 bridgehead atoms. The first-order chi connectivity index (χ1) is 33.1. The topological polar surface area (TPSA) is 3.88 Å². The van der Waals surface area contributed by atoms with Gasteiger partial charge in [-0.25, -0.2) is 87.8 Å². The van der Waals surface area contributed by atoms with Gasteiger partial charge in [0.05, 0.1) is 0 Å². The number of aryl methyl sites for hydroxylation is 1. The summed E-state index contributed by atoms with van der Waals surface area (Å²) in [6.45, 7) is 3.27. The Bertz CT molecular complexity index is 2470. The Morgan fingerprint density at radius 2 is 0.586 bits per heavy atom. The van der Waals surface area contributed by atoms with E-state index in [1.807, 2.05) is 0 Å². The average Bonchev–Trinajstić information content (AvgIpc) is 3.35. The minimum atomic E-state index is -7.22. The maximum atomic E-state index is 15.4. The summed E-state index contributed by atoms with van der Waals surface area (Å²) >= 11 is 0. The molecule has 0 aliphatic carbocycles. The maximum Gasteiger partial charge on any atom is 0.200 e. The lowest BCUT2D eigenvalue weighted by Gasteiger charge is -2.44. The van der Waals surface area contributed by atoms with E-state index in [1.165, 1.54) is 81.9 Å². The third-order valence-electron chi connectivity index (χ3n) is 11.7. The molecule has 376 valence electrons. The Morgan fingerprint density at radius 3 is 0.900 bits per heavy atom. The third kappa shape index (κ3) is 10.4. The van der Waals surface area contributed by atoms with E-state index in [0.29, 0.717) is 0 Å². The van der Waals surface area contributed by atoms with E-state index < -0.39 is 144 Å². The summed E-state index contributed by atoms with van der Waals surface area (Å²) in [6.07, 6.45) is 10.2. The number of hydrogen-bond donors (Lipinski definition) is 0. The van der Waals surface area contributed by atoms with E-state index in [1.54, 1.807) is 0 Å². The van der Waals surface area contributed by atoms with Gasteiger partial charge >= 0.3 is 0 Å². The number of halogens is 20. The highest BCUT2D eigenvalue weighted by Crippen LogP contribution is 2.31. The van der Waals surface area contributed by atoms with E-state index >= 15 is 35.1 Å². The Morgan fingerprint density at radius 1 is 0.314 bits per heavy atom. The largest absolute Gasteiger partial charge is 0.207 e. The van der Waals surface area contributed by atoms with Crippen molar-refractivity contribution in [3.05, 3.63) is 182 Å². The average molecular weight is 1020 g/mol. The molecule has 0 atom stereocenters. The zero-order valence-electron chi connectivity index (χ0n) is 36.3. The van der Waals surface area contributed by atoms with Crippen LogP contribution in [0, 0.1) is 116 Å². The van der Waals surface area contributed by atoms with Crippen LogP contribution in [0.5, 0.6) is 0 Å². The summed E-state index contributed by atoms with van der Waals surface area (Å²) in [5.74, 6) is -71.4. The van der Waals surface area contributed by atoms with Crippen molar-refractivity contribution in [3.8, 4) is 0 Å². The van der Waals surface area contributed by atoms with Crippen molar-refractivity contribution in [2.75, 3.05) is 0 Å². The fraction of sp³-hybridized carbons (Fsp3) is 0.271. The maximum absolute atomic E-state index is 15.4. The van der Waals surface area contributed by atoms with Gasteiger partial charge in [-0.05, 0) is 6.42 Å². The molecular formula is C48H36BF20N. The lowest BCUT2D eigenvalue weighted by atomic mass is 9.12. The molecule has 70 heavy (non-hydrogen) atoms. The van der Waals surface area contributed by atoms with Crippen molar-refractivity contribution in [3.63, 3.8) is 0 Å². The normalized spacial score (nSPS) is 11.6. The Balaban J connectivity index is 0.000000308. The van der Waals surface area contributed by atoms with E-state index in [-0.39, 0.29) is 0 Å². The van der Waals surface area contributed by atoms with Crippen molar-refractivity contribution >= 4 is 28.0 Å². The summed E-state index contributed by atoms with van der Waals surface area (Å²) < 4.78 is 296. The SMILES string of the molecule is CCCCCCCCCCCCc1cccc[n+]1Cc1ccccc1.Fc1c(F)c(F)c([B-](c2c(F)c(F)c(F)c(F)c2F)(c2c(F)c(F)c(F)c(F)c2F)c2c(F)c(F)c(F)c(F)c2F)c(F)c1F. The Hall–Kier alpha value is -6.09. The molecule has 0 unspecified atom stereocenters. The molecule has 5 aromatic carbocycles. The zero-order valence-corrected chi connectivity index (χ0v) is 36.3. The zero-order chi connectivity index (χ0) is 51.9. The van der Waals surface area contributed by atoms with E-state index in [2.05, 4.69) is 66.2 Å². The molecule has 6 rings (SSSR count). The fourth-order valence-electron chi connectivity index (χ4n) is 8.34. The number of rotatable bonds is 17. The summed E-state index contributed by atoms with van der Waals surface area (Å²) in [5.41, 5.74) is -11.5. The molecule has 0 aliphatic rings. The molecule has 0 aliphatic heterocycles. The highest BCUT2D eigenvalue weighted by Gasteiger charge is 2.52. The van der Waals surface area contributed by atoms with Gasteiger partial charge in [-0.3, -0.25) is 0 Å². The molecule has 0 amide bonds. The summed E-state index contributed by atoms with van der Waals surface area (Å²) in [7, 11) is 0. The molecule has 0 saturated carbocycles. The quantitative estimate of drug-likeness (QED) is 0.0214. The minimum absolute atomic E-state index is 0.981. The first kappa shape index (κ1) is 54.9. The van der Waals surface area contributed by atoms with Crippen LogP contribution in [-0.4, -0.2) is 6.15 Å². The molecule has 1 heterocycles. The van der Waals surface area contributed by atoms with Gasteiger partial charge in [-0.2, -0.15) is 4.57 Å². The first-order valence-electron chi connectivity index (χ1n) is 21.3. The van der Waals surface area contributed by atoms with Crippen LogP contribution in [0.25, 0.3) is 0 Å². The molecular weight excluding hydrogens is 981 g/mol. The van der Waals surface area contributed by atoms with Gasteiger partial charge in [-0.1, -0.05) is 101 Å². The van der Waals surface area contributed by atoms with Crippen LogP contribution < -0.4 is 26.4 Å². The van der Waals surface area contributed by atoms with Gasteiger partial charge in [0.1, 0.15) is 52.7 Å². The lowest BCUT2D eigenvalue weighted by Crippen LogP contribution is -2.81. The van der Waals surface area contributed by atoms with Crippen LogP contribution in [0.3, 0.4) is 0 Å². The number of aromatic nitrogens is 1. The predicted octanol–water partition coefficient (Wildman–Crippen LogP) is 12.3. The van der Waals surface area contributed by atoms with Crippen LogP contribution in [0.4, 0.5) is 87.8 Å². The van der Waals surface area contributed by atoms with Gasteiger partial charge in [0.15, 0.2) is 88.2 Å². The molecule has 0 saturated heterocycles. The Labute approximate surface area is 386 Å². The predicted molar refractivity (Wildman–Crippen MR) is 217 cm³/mol. The molecule has 0 N–H and O–H groups in total. The number of unbranched alkanes of at least 4 members (excludes halogenated alkanes) is 9. The number of hydrogen-bond acceptors (Lipinski definition) is 0.